The molecule has 0 spiro atoms. The molecule has 3 heteroatoms. The largest absolute Gasteiger partial charge is 0.399 e. The zero-order chi connectivity index (χ0) is 12.4. The van der Waals surface area contributed by atoms with Gasteiger partial charge in [-0.25, -0.2) is 0 Å². The van der Waals surface area contributed by atoms with Crippen LogP contribution < -0.4 is 5.73 Å². The van der Waals surface area contributed by atoms with Crippen LogP contribution in [0.5, 0.6) is 0 Å². The molecule has 1 fully saturated rings. The van der Waals surface area contributed by atoms with Crippen LogP contribution in [0.4, 0.5) is 5.69 Å². The number of rotatable bonds is 2. The molecule has 0 heterocycles. The first-order valence-corrected chi connectivity index (χ1v) is 7.53. The summed E-state index contributed by atoms with van der Waals surface area (Å²) in [6.45, 7) is 4.73. The maximum Gasteiger partial charge on any atom is 0.0562 e. The van der Waals surface area contributed by atoms with Gasteiger partial charge in [0.05, 0.1) is 5.02 Å². The molecule has 3 atom stereocenters. The number of hydrogen-bond donors (Lipinski definition) is 1. The lowest BCUT2D eigenvalue weighted by molar-refractivity contribution is 0.283. The minimum atomic E-state index is 0.710. The fraction of sp³-hybridized carbons (Fsp3) is 0.571. The molecule has 1 aliphatic rings. The second-order valence-electron chi connectivity index (χ2n) is 5.20. The van der Waals surface area contributed by atoms with E-state index in [1.165, 1.54) is 24.2 Å². The third-order valence-electron chi connectivity index (χ3n) is 3.80. The van der Waals surface area contributed by atoms with E-state index in [1.54, 1.807) is 0 Å². The van der Waals surface area contributed by atoms with E-state index in [9.17, 15) is 0 Å². The molecule has 1 nitrogen and oxygen atoms in total. The van der Waals surface area contributed by atoms with Gasteiger partial charge in [-0.15, -0.1) is 11.8 Å². The second-order valence-corrected chi connectivity index (χ2v) is 6.95. The summed E-state index contributed by atoms with van der Waals surface area (Å²) in [7, 11) is 0. The van der Waals surface area contributed by atoms with Crippen LogP contribution in [0, 0.1) is 11.8 Å². The highest BCUT2D eigenvalue weighted by atomic mass is 35.5. The van der Waals surface area contributed by atoms with Crippen LogP contribution in [0.2, 0.25) is 5.02 Å². The van der Waals surface area contributed by atoms with Gasteiger partial charge in [-0.2, -0.15) is 0 Å². The SMILES string of the molecule is CC1CCC(Sc2ccc(N)cc2Cl)CC1C. The normalized spacial score (nSPS) is 29.2. The topological polar surface area (TPSA) is 26.0 Å². The number of nitrogens with two attached hydrogens (primary N) is 1. The molecule has 0 aromatic heterocycles. The Morgan fingerprint density at radius 3 is 2.65 bits per heavy atom. The lowest BCUT2D eigenvalue weighted by atomic mass is 9.81. The molecule has 2 rings (SSSR count). The van der Waals surface area contributed by atoms with E-state index in [0.717, 1.165) is 22.5 Å². The summed E-state index contributed by atoms with van der Waals surface area (Å²) in [5.74, 6) is 1.70. The fourth-order valence-corrected chi connectivity index (χ4v) is 4.05. The molecule has 3 unspecified atom stereocenters. The molecule has 1 aromatic rings. The van der Waals surface area contributed by atoms with E-state index in [-0.39, 0.29) is 0 Å². The van der Waals surface area contributed by atoms with Crippen LogP contribution in [0.3, 0.4) is 0 Å². The quantitative estimate of drug-likeness (QED) is 0.778. The van der Waals surface area contributed by atoms with Crippen molar-refractivity contribution in [2.75, 3.05) is 5.73 Å². The van der Waals surface area contributed by atoms with E-state index in [2.05, 4.69) is 13.8 Å². The Hall–Kier alpha value is -0.340. The number of halogens is 1. The van der Waals surface area contributed by atoms with Crippen LogP contribution >= 0.6 is 23.4 Å². The number of anilines is 1. The highest BCUT2D eigenvalue weighted by Crippen LogP contribution is 2.41. The zero-order valence-electron chi connectivity index (χ0n) is 10.4. The Morgan fingerprint density at radius 1 is 1.24 bits per heavy atom. The van der Waals surface area contributed by atoms with E-state index in [1.807, 2.05) is 30.0 Å². The van der Waals surface area contributed by atoms with Crippen molar-refractivity contribution in [1.29, 1.82) is 0 Å². The van der Waals surface area contributed by atoms with Crippen molar-refractivity contribution >= 4 is 29.1 Å². The van der Waals surface area contributed by atoms with Gasteiger partial charge in [-0.1, -0.05) is 25.4 Å². The number of benzene rings is 1. The summed E-state index contributed by atoms with van der Waals surface area (Å²) in [6.07, 6.45) is 3.94. The van der Waals surface area contributed by atoms with E-state index < -0.39 is 0 Å². The summed E-state index contributed by atoms with van der Waals surface area (Å²) >= 11 is 8.13. The first kappa shape index (κ1) is 13.1. The highest BCUT2D eigenvalue weighted by Gasteiger charge is 2.25. The molecule has 1 aliphatic carbocycles. The van der Waals surface area contributed by atoms with Gasteiger partial charge in [0.15, 0.2) is 0 Å². The van der Waals surface area contributed by atoms with Crippen molar-refractivity contribution in [3.63, 3.8) is 0 Å². The average molecular weight is 270 g/mol. The molecule has 0 saturated heterocycles. The predicted octanol–water partition coefficient (Wildman–Crippen LogP) is 4.84. The van der Waals surface area contributed by atoms with Crippen LogP contribution in [0.25, 0.3) is 0 Å². The molecule has 0 amide bonds. The van der Waals surface area contributed by atoms with Crippen LogP contribution in [-0.2, 0) is 0 Å². The smallest absolute Gasteiger partial charge is 0.0562 e. The third-order valence-corrected chi connectivity index (χ3v) is 5.60. The van der Waals surface area contributed by atoms with Gasteiger partial charge in [-0.05, 0) is 49.3 Å². The van der Waals surface area contributed by atoms with Crippen LogP contribution in [0.1, 0.15) is 33.1 Å². The minimum absolute atomic E-state index is 0.710. The highest BCUT2D eigenvalue weighted by molar-refractivity contribution is 8.00. The van der Waals surface area contributed by atoms with Crippen molar-refractivity contribution < 1.29 is 0 Å². The molecule has 0 aliphatic heterocycles. The summed E-state index contributed by atoms with van der Waals surface area (Å²) in [5.41, 5.74) is 6.45. The Balaban J connectivity index is 2.01. The van der Waals surface area contributed by atoms with E-state index in [4.69, 9.17) is 17.3 Å². The standard InChI is InChI=1S/C14H20ClNS/c1-9-3-5-12(7-10(9)2)17-14-6-4-11(16)8-13(14)15/h4,6,8-10,12H,3,5,7,16H2,1-2H3. The number of nitrogen functional groups attached to an aromatic ring is 1. The van der Waals surface area contributed by atoms with E-state index in [0.29, 0.717) is 5.25 Å². The van der Waals surface area contributed by atoms with E-state index >= 15 is 0 Å². The van der Waals surface area contributed by atoms with Crippen molar-refractivity contribution in [3.05, 3.63) is 23.2 Å². The average Bonchev–Trinajstić information content (AvgIpc) is 2.27. The Labute approximate surface area is 113 Å². The second kappa shape index (κ2) is 5.53. The summed E-state index contributed by atoms with van der Waals surface area (Å²) in [6, 6.07) is 5.83. The van der Waals surface area contributed by atoms with Gasteiger partial charge in [0, 0.05) is 15.8 Å². The fourth-order valence-electron chi connectivity index (χ4n) is 2.40. The minimum Gasteiger partial charge on any atom is -0.399 e. The van der Waals surface area contributed by atoms with Crippen molar-refractivity contribution in [2.24, 2.45) is 11.8 Å². The van der Waals surface area contributed by atoms with Crippen molar-refractivity contribution in [1.82, 2.24) is 0 Å². The Bertz CT molecular complexity index is 394. The van der Waals surface area contributed by atoms with Gasteiger partial charge < -0.3 is 5.73 Å². The third kappa shape index (κ3) is 3.32. The summed E-state index contributed by atoms with van der Waals surface area (Å²) < 4.78 is 0. The molecule has 17 heavy (non-hydrogen) atoms. The predicted molar refractivity (Wildman–Crippen MR) is 77.7 cm³/mol. The molecule has 2 N–H and O–H groups in total. The molecule has 1 aromatic carbocycles. The zero-order valence-corrected chi connectivity index (χ0v) is 12.0. The van der Waals surface area contributed by atoms with Gasteiger partial charge >= 0.3 is 0 Å². The molecule has 0 bridgehead atoms. The van der Waals surface area contributed by atoms with Crippen LogP contribution in [0.15, 0.2) is 23.1 Å². The maximum absolute atomic E-state index is 6.21. The molecular formula is C14H20ClNS. The maximum atomic E-state index is 6.21. The van der Waals surface area contributed by atoms with Crippen LogP contribution in [-0.4, -0.2) is 5.25 Å². The lowest BCUT2D eigenvalue weighted by Gasteiger charge is -2.31. The van der Waals surface area contributed by atoms with Crippen molar-refractivity contribution in [2.45, 2.75) is 43.3 Å². The monoisotopic (exact) mass is 269 g/mol. The number of hydrogen-bond acceptors (Lipinski definition) is 2. The van der Waals surface area contributed by atoms with Gasteiger partial charge in [0.1, 0.15) is 0 Å². The summed E-state index contributed by atoms with van der Waals surface area (Å²) in [4.78, 5) is 1.17. The first-order chi connectivity index (χ1) is 8.06. The Kier molecular flexibility index (Phi) is 4.26. The van der Waals surface area contributed by atoms with Gasteiger partial charge in [0.2, 0.25) is 0 Å². The van der Waals surface area contributed by atoms with Gasteiger partial charge in [-0.3, -0.25) is 0 Å². The number of thioether (sulfide) groups is 1. The first-order valence-electron chi connectivity index (χ1n) is 6.28. The molecule has 0 radical (unpaired) electrons. The van der Waals surface area contributed by atoms with Gasteiger partial charge in [0.25, 0.3) is 0 Å². The van der Waals surface area contributed by atoms with Crippen molar-refractivity contribution in [3.8, 4) is 0 Å². The lowest BCUT2D eigenvalue weighted by Crippen LogP contribution is -2.22. The summed E-state index contributed by atoms with van der Waals surface area (Å²) in [5, 5.41) is 1.50. The molecular weight excluding hydrogens is 250 g/mol. The Morgan fingerprint density at radius 2 is 2.00 bits per heavy atom. The molecule has 1 saturated carbocycles. The molecule has 94 valence electrons.